The van der Waals surface area contributed by atoms with E-state index in [0.717, 1.165) is 6.54 Å². The number of hydrogen-bond acceptors (Lipinski definition) is 1. The zero-order valence-corrected chi connectivity index (χ0v) is 8.39. The molecule has 1 aliphatic carbocycles. The molecule has 1 aliphatic rings. The quantitative estimate of drug-likeness (QED) is 0.630. The Morgan fingerprint density at radius 2 is 2.08 bits per heavy atom. The lowest BCUT2D eigenvalue weighted by atomic mass is 9.99. The Bertz CT molecular complexity index is 173. The van der Waals surface area contributed by atoms with E-state index in [1.54, 1.807) is 6.92 Å². The maximum absolute atomic E-state index is 10.9. The summed E-state index contributed by atoms with van der Waals surface area (Å²) in [5.74, 6) is 0.182. The number of nitrogens with zero attached hydrogens (tertiary/aromatic N) is 1. The van der Waals surface area contributed by atoms with Crippen LogP contribution in [-0.2, 0) is 4.79 Å². The van der Waals surface area contributed by atoms with Crippen molar-refractivity contribution in [3.8, 4) is 0 Å². The molecule has 0 atom stereocenters. The first kappa shape index (κ1) is 9.56. The van der Waals surface area contributed by atoms with Gasteiger partial charge in [-0.05, 0) is 24.7 Å². The maximum atomic E-state index is 10.9. The Kier molecular flexibility index (Phi) is 2.76. The largest absolute Gasteiger partial charge is 0.346 e. The van der Waals surface area contributed by atoms with Crippen LogP contribution in [0.25, 0.3) is 0 Å². The molecule has 0 aromatic heterocycles. The average Bonchev–Trinajstić information content (AvgIpc) is 2.81. The summed E-state index contributed by atoms with van der Waals surface area (Å²) in [7, 11) is 1.88. The molecule has 12 heavy (non-hydrogen) atoms. The van der Waals surface area contributed by atoms with Crippen LogP contribution >= 0.6 is 0 Å². The third-order valence-electron chi connectivity index (χ3n) is 3.22. The molecule has 0 aromatic rings. The fourth-order valence-corrected chi connectivity index (χ4v) is 1.52. The number of rotatable bonds is 4. The number of carbonyl (C=O) groups is 1. The molecule has 1 saturated carbocycles. The van der Waals surface area contributed by atoms with Crippen LogP contribution in [0.2, 0.25) is 0 Å². The average molecular weight is 169 g/mol. The van der Waals surface area contributed by atoms with Crippen LogP contribution in [0.5, 0.6) is 0 Å². The molecule has 0 unspecified atom stereocenters. The molecule has 1 amide bonds. The van der Waals surface area contributed by atoms with E-state index in [1.807, 2.05) is 11.9 Å². The normalized spacial score (nSPS) is 18.9. The van der Waals surface area contributed by atoms with Crippen LogP contribution in [0.1, 0.15) is 39.5 Å². The summed E-state index contributed by atoms with van der Waals surface area (Å²) in [6, 6.07) is 0. The lowest BCUT2D eigenvalue weighted by Crippen LogP contribution is -2.26. The SMILES string of the molecule is CCC1(CCN(C)C(C)=O)CC1. The minimum absolute atomic E-state index is 0.182. The summed E-state index contributed by atoms with van der Waals surface area (Å²) in [6.07, 6.45) is 5.21. The van der Waals surface area contributed by atoms with E-state index < -0.39 is 0 Å². The van der Waals surface area contributed by atoms with Crippen molar-refractivity contribution in [3.05, 3.63) is 0 Å². The van der Waals surface area contributed by atoms with Crippen LogP contribution in [0, 0.1) is 5.41 Å². The van der Waals surface area contributed by atoms with Crippen molar-refractivity contribution in [3.63, 3.8) is 0 Å². The van der Waals surface area contributed by atoms with E-state index in [9.17, 15) is 4.79 Å². The van der Waals surface area contributed by atoms with Crippen LogP contribution in [0.3, 0.4) is 0 Å². The van der Waals surface area contributed by atoms with Crippen molar-refractivity contribution in [2.75, 3.05) is 13.6 Å². The van der Waals surface area contributed by atoms with Gasteiger partial charge >= 0.3 is 0 Å². The molecule has 0 aliphatic heterocycles. The topological polar surface area (TPSA) is 20.3 Å². The van der Waals surface area contributed by atoms with Gasteiger partial charge in [0.15, 0.2) is 0 Å². The molecule has 2 nitrogen and oxygen atoms in total. The van der Waals surface area contributed by atoms with Crippen molar-refractivity contribution in [2.45, 2.75) is 39.5 Å². The van der Waals surface area contributed by atoms with Crippen LogP contribution in [0.15, 0.2) is 0 Å². The molecule has 2 heteroatoms. The van der Waals surface area contributed by atoms with Gasteiger partial charge in [0, 0.05) is 20.5 Å². The predicted molar refractivity (Wildman–Crippen MR) is 49.9 cm³/mol. The van der Waals surface area contributed by atoms with Crippen molar-refractivity contribution in [1.82, 2.24) is 4.90 Å². The zero-order valence-electron chi connectivity index (χ0n) is 8.39. The molecule has 0 heterocycles. The fraction of sp³-hybridized carbons (Fsp3) is 0.900. The minimum Gasteiger partial charge on any atom is -0.346 e. The first-order valence-electron chi connectivity index (χ1n) is 4.81. The Balaban J connectivity index is 2.21. The molecule has 0 N–H and O–H groups in total. The summed E-state index contributed by atoms with van der Waals surface area (Å²) in [5, 5.41) is 0. The molecule has 0 bridgehead atoms. The smallest absolute Gasteiger partial charge is 0.219 e. The maximum Gasteiger partial charge on any atom is 0.219 e. The Hall–Kier alpha value is -0.530. The highest BCUT2D eigenvalue weighted by Crippen LogP contribution is 2.51. The number of hydrogen-bond donors (Lipinski definition) is 0. The third kappa shape index (κ3) is 2.23. The molecule has 70 valence electrons. The van der Waals surface area contributed by atoms with E-state index >= 15 is 0 Å². The third-order valence-corrected chi connectivity index (χ3v) is 3.22. The molecule has 0 spiro atoms. The lowest BCUT2D eigenvalue weighted by Gasteiger charge is -2.18. The number of carbonyl (C=O) groups excluding carboxylic acids is 1. The van der Waals surface area contributed by atoms with Gasteiger partial charge in [0.1, 0.15) is 0 Å². The predicted octanol–water partition coefficient (Wildman–Crippen LogP) is 2.04. The fourth-order valence-electron chi connectivity index (χ4n) is 1.52. The van der Waals surface area contributed by atoms with E-state index in [-0.39, 0.29) is 5.91 Å². The first-order chi connectivity index (χ1) is 5.59. The van der Waals surface area contributed by atoms with Gasteiger partial charge in [-0.1, -0.05) is 13.3 Å². The highest BCUT2D eigenvalue weighted by molar-refractivity contribution is 5.72. The molecule has 1 rings (SSSR count). The van der Waals surface area contributed by atoms with Crippen molar-refractivity contribution in [2.24, 2.45) is 5.41 Å². The van der Waals surface area contributed by atoms with Gasteiger partial charge in [-0.3, -0.25) is 4.79 Å². The molecule has 0 radical (unpaired) electrons. The Morgan fingerprint density at radius 1 is 1.50 bits per heavy atom. The lowest BCUT2D eigenvalue weighted by molar-refractivity contribution is -0.127. The summed E-state index contributed by atoms with van der Waals surface area (Å²) >= 11 is 0. The van der Waals surface area contributed by atoms with Gasteiger partial charge in [0.05, 0.1) is 0 Å². The molecular weight excluding hydrogens is 150 g/mol. The number of amides is 1. The van der Waals surface area contributed by atoms with Crippen LogP contribution in [-0.4, -0.2) is 24.4 Å². The standard InChI is InChI=1S/C10H19NO/c1-4-10(5-6-10)7-8-11(3)9(2)12/h4-8H2,1-3H3. The summed E-state index contributed by atoms with van der Waals surface area (Å²) in [6.45, 7) is 4.81. The molecule has 0 aromatic carbocycles. The van der Waals surface area contributed by atoms with Gasteiger partial charge in [-0.25, -0.2) is 0 Å². The van der Waals surface area contributed by atoms with E-state index in [4.69, 9.17) is 0 Å². The second-order valence-electron chi connectivity index (χ2n) is 4.04. The molecular formula is C10H19NO. The summed E-state index contributed by atoms with van der Waals surface area (Å²) < 4.78 is 0. The van der Waals surface area contributed by atoms with Crippen LogP contribution in [0.4, 0.5) is 0 Å². The van der Waals surface area contributed by atoms with E-state index in [0.29, 0.717) is 5.41 Å². The van der Waals surface area contributed by atoms with Crippen molar-refractivity contribution < 1.29 is 4.79 Å². The summed E-state index contributed by atoms with van der Waals surface area (Å²) in [4.78, 5) is 12.7. The second-order valence-corrected chi connectivity index (χ2v) is 4.04. The highest BCUT2D eigenvalue weighted by atomic mass is 16.2. The van der Waals surface area contributed by atoms with Crippen molar-refractivity contribution >= 4 is 5.91 Å². The summed E-state index contributed by atoms with van der Waals surface area (Å²) in [5.41, 5.74) is 0.615. The zero-order chi connectivity index (χ0) is 9.19. The van der Waals surface area contributed by atoms with Gasteiger partial charge in [0.25, 0.3) is 0 Å². The van der Waals surface area contributed by atoms with E-state index in [2.05, 4.69) is 6.92 Å². The Morgan fingerprint density at radius 3 is 2.42 bits per heavy atom. The Labute approximate surface area is 74.9 Å². The molecule has 1 fully saturated rings. The highest BCUT2D eigenvalue weighted by Gasteiger charge is 2.40. The van der Waals surface area contributed by atoms with Gasteiger partial charge in [0.2, 0.25) is 5.91 Å². The van der Waals surface area contributed by atoms with Gasteiger partial charge in [-0.2, -0.15) is 0 Å². The van der Waals surface area contributed by atoms with Gasteiger partial charge < -0.3 is 4.90 Å². The van der Waals surface area contributed by atoms with E-state index in [1.165, 1.54) is 25.7 Å². The molecule has 0 saturated heterocycles. The second kappa shape index (κ2) is 3.46. The first-order valence-corrected chi connectivity index (χ1v) is 4.81. The minimum atomic E-state index is 0.182. The van der Waals surface area contributed by atoms with Crippen LogP contribution < -0.4 is 0 Å². The van der Waals surface area contributed by atoms with Crippen molar-refractivity contribution in [1.29, 1.82) is 0 Å². The van der Waals surface area contributed by atoms with Gasteiger partial charge in [-0.15, -0.1) is 0 Å². The monoisotopic (exact) mass is 169 g/mol.